The highest BCUT2D eigenvalue weighted by atomic mass is 16.5. The number of carbonyl (C=O) groups is 4. The zero-order valence-corrected chi connectivity index (χ0v) is 17.5. The number of ether oxygens (including phenoxy) is 4. The maximum atomic E-state index is 12.2. The summed E-state index contributed by atoms with van der Waals surface area (Å²) in [6, 6.07) is 0. The van der Waals surface area contributed by atoms with Crippen LogP contribution in [-0.4, -0.2) is 52.3 Å². The molecule has 0 N–H and O–H groups in total. The van der Waals surface area contributed by atoms with Crippen molar-refractivity contribution < 1.29 is 38.1 Å². The molecule has 0 bridgehead atoms. The van der Waals surface area contributed by atoms with Crippen LogP contribution in [0, 0.1) is 11.8 Å². The van der Waals surface area contributed by atoms with Gasteiger partial charge in [0.2, 0.25) is 0 Å². The van der Waals surface area contributed by atoms with Crippen molar-refractivity contribution in [1.29, 1.82) is 0 Å². The first-order chi connectivity index (χ1) is 13.4. The van der Waals surface area contributed by atoms with Gasteiger partial charge in [-0.05, 0) is 25.7 Å². The van der Waals surface area contributed by atoms with Gasteiger partial charge in [0.25, 0.3) is 0 Å². The fourth-order valence-electron chi connectivity index (χ4n) is 3.09. The van der Waals surface area contributed by atoms with Crippen LogP contribution >= 0.6 is 0 Å². The molecule has 0 aromatic heterocycles. The second-order valence-corrected chi connectivity index (χ2v) is 6.61. The van der Waals surface area contributed by atoms with Crippen LogP contribution in [0.25, 0.3) is 0 Å². The van der Waals surface area contributed by atoms with E-state index in [1.807, 2.05) is 0 Å². The minimum atomic E-state index is -0.587. The number of rotatable bonds is 15. The molecule has 2 unspecified atom stereocenters. The summed E-state index contributed by atoms with van der Waals surface area (Å²) in [6.07, 6.45) is 5.82. The number of hydrogen-bond acceptors (Lipinski definition) is 8. The smallest absolute Gasteiger partial charge is 0.309 e. The monoisotopic (exact) mass is 402 g/mol. The summed E-state index contributed by atoms with van der Waals surface area (Å²) in [5.41, 5.74) is 0. The molecule has 0 heterocycles. The first kappa shape index (κ1) is 25.9. The lowest BCUT2D eigenvalue weighted by atomic mass is 9.84. The van der Waals surface area contributed by atoms with E-state index in [0.717, 1.165) is 12.8 Å². The maximum Gasteiger partial charge on any atom is 0.309 e. The highest BCUT2D eigenvalue weighted by molar-refractivity contribution is 5.82. The molecule has 2 atom stereocenters. The molecule has 28 heavy (non-hydrogen) atoms. The first-order valence-corrected chi connectivity index (χ1v) is 9.70. The molecule has 0 amide bonds. The van der Waals surface area contributed by atoms with Crippen molar-refractivity contribution in [3.05, 3.63) is 0 Å². The second-order valence-electron chi connectivity index (χ2n) is 6.61. The molecule has 8 nitrogen and oxygen atoms in total. The number of esters is 4. The topological polar surface area (TPSA) is 105 Å². The Morgan fingerprint density at radius 3 is 1.18 bits per heavy atom. The molecule has 0 rings (SSSR count). The number of unbranched alkanes of at least 4 members (excludes halogenated alkanes) is 4. The standard InChI is InChI=1S/C20H34O8/c1-25-17(21)13-9-5-7-11-15(19(23)27-3)16(20(24)28-4)12-8-6-10-14-18(22)26-2/h15-16H,5-14H2,1-4H3. The molecule has 0 aliphatic rings. The van der Waals surface area contributed by atoms with Crippen LogP contribution in [0.1, 0.15) is 64.2 Å². The molecule has 8 heteroatoms. The van der Waals surface area contributed by atoms with Gasteiger partial charge in [0.15, 0.2) is 0 Å². The summed E-state index contributed by atoms with van der Waals surface area (Å²) >= 11 is 0. The third-order valence-electron chi connectivity index (χ3n) is 4.74. The Labute approximate surface area is 167 Å². The van der Waals surface area contributed by atoms with Crippen molar-refractivity contribution >= 4 is 23.9 Å². The van der Waals surface area contributed by atoms with Crippen molar-refractivity contribution in [2.45, 2.75) is 64.2 Å². The Kier molecular flexibility index (Phi) is 14.7. The molecule has 0 aliphatic heterocycles. The minimum Gasteiger partial charge on any atom is -0.469 e. The predicted molar refractivity (Wildman–Crippen MR) is 101 cm³/mol. The van der Waals surface area contributed by atoms with E-state index in [1.54, 1.807) is 0 Å². The van der Waals surface area contributed by atoms with Gasteiger partial charge in [-0.2, -0.15) is 0 Å². The Bertz CT molecular complexity index is 445. The third kappa shape index (κ3) is 10.9. The highest BCUT2D eigenvalue weighted by Crippen LogP contribution is 2.27. The van der Waals surface area contributed by atoms with E-state index in [0.29, 0.717) is 51.4 Å². The lowest BCUT2D eigenvalue weighted by Gasteiger charge is -2.23. The number of methoxy groups -OCH3 is 4. The van der Waals surface area contributed by atoms with Gasteiger partial charge in [0.05, 0.1) is 40.3 Å². The summed E-state index contributed by atoms with van der Waals surface area (Å²) in [5.74, 6) is -2.56. The summed E-state index contributed by atoms with van der Waals surface area (Å²) in [7, 11) is 5.30. The summed E-state index contributed by atoms with van der Waals surface area (Å²) in [5, 5.41) is 0. The first-order valence-electron chi connectivity index (χ1n) is 9.70. The van der Waals surface area contributed by atoms with E-state index in [9.17, 15) is 19.2 Å². The van der Waals surface area contributed by atoms with Crippen molar-refractivity contribution in [1.82, 2.24) is 0 Å². The Morgan fingerprint density at radius 1 is 0.536 bits per heavy atom. The van der Waals surface area contributed by atoms with E-state index >= 15 is 0 Å². The molecular formula is C20H34O8. The van der Waals surface area contributed by atoms with Gasteiger partial charge < -0.3 is 18.9 Å². The summed E-state index contributed by atoms with van der Waals surface area (Å²) in [6.45, 7) is 0. The largest absolute Gasteiger partial charge is 0.469 e. The maximum absolute atomic E-state index is 12.2. The van der Waals surface area contributed by atoms with Crippen molar-refractivity contribution in [2.75, 3.05) is 28.4 Å². The average Bonchev–Trinajstić information content (AvgIpc) is 2.72. The molecule has 0 aromatic rings. The zero-order valence-electron chi connectivity index (χ0n) is 17.5. The van der Waals surface area contributed by atoms with Crippen LogP contribution in [0.2, 0.25) is 0 Å². The second kappa shape index (κ2) is 15.9. The number of hydrogen-bond donors (Lipinski definition) is 0. The van der Waals surface area contributed by atoms with Gasteiger partial charge in [-0.1, -0.05) is 25.7 Å². The van der Waals surface area contributed by atoms with Crippen molar-refractivity contribution in [2.24, 2.45) is 11.8 Å². The zero-order chi connectivity index (χ0) is 21.4. The lowest BCUT2D eigenvalue weighted by Crippen LogP contribution is -2.32. The molecule has 0 aliphatic carbocycles. The van der Waals surface area contributed by atoms with E-state index in [-0.39, 0.29) is 11.9 Å². The van der Waals surface area contributed by atoms with Crippen LogP contribution in [0.15, 0.2) is 0 Å². The Morgan fingerprint density at radius 2 is 0.893 bits per heavy atom. The lowest BCUT2D eigenvalue weighted by molar-refractivity contribution is -0.158. The fourth-order valence-corrected chi connectivity index (χ4v) is 3.09. The highest BCUT2D eigenvalue weighted by Gasteiger charge is 2.34. The molecule has 0 fully saturated rings. The van der Waals surface area contributed by atoms with Crippen LogP contribution in [0.3, 0.4) is 0 Å². The van der Waals surface area contributed by atoms with Crippen LogP contribution < -0.4 is 0 Å². The molecule has 0 aromatic carbocycles. The minimum absolute atomic E-state index is 0.260. The van der Waals surface area contributed by atoms with E-state index < -0.39 is 23.8 Å². The van der Waals surface area contributed by atoms with Crippen LogP contribution in [0.4, 0.5) is 0 Å². The quantitative estimate of drug-likeness (QED) is 0.234. The van der Waals surface area contributed by atoms with Gasteiger partial charge >= 0.3 is 23.9 Å². The van der Waals surface area contributed by atoms with Gasteiger partial charge in [0, 0.05) is 12.8 Å². The molecule has 0 saturated carbocycles. The van der Waals surface area contributed by atoms with E-state index in [2.05, 4.69) is 9.47 Å². The summed E-state index contributed by atoms with van der Waals surface area (Å²) < 4.78 is 19.0. The van der Waals surface area contributed by atoms with Gasteiger partial charge in [-0.3, -0.25) is 19.2 Å². The van der Waals surface area contributed by atoms with Gasteiger partial charge in [-0.25, -0.2) is 0 Å². The van der Waals surface area contributed by atoms with Crippen LogP contribution in [0.5, 0.6) is 0 Å². The van der Waals surface area contributed by atoms with Crippen molar-refractivity contribution in [3.63, 3.8) is 0 Å². The summed E-state index contributed by atoms with van der Waals surface area (Å²) in [4.78, 5) is 46.8. The Balaban J connectivity index is 4.66. The normalized spacial score (nSPS) is 12.6. The molecule has 0 saturated heterocycles. The predicted octanol–water partition coefficient (Wildman–Crippen LogP) is 2.81. The number of carbonyl (C=O) groups excluding carboxylic acids is 4. The SMILES string of the molecule is COC(=O)CCCCCC(C(=O)OC)C(CCCCCC(=O)OC)C(=O)OC. The van der Waals surface area contributed by atoms with Crippen molar-refractivity contribution in [3.8, 4) is 0 Å². The van der Waals surface area contributed by atoms with Gasteiger partial charge in [0.1, 0.15) is 0 Å². The Hall–Kier alpha value is -2.12. The molecule has 0 radical (unpaired) electrons. The third-order valence-corrected chi connectivity index (χ3v) is 4.74. The van der Waals surface area contributed by atoms with E-state index in [1.165, 1.54) is 28.4 Å². The van der Waals surface area contributed by atoms with Gasteiger partial charge in [-0.15, -0.1) is 0 Å². The average molecular weight is 402 g/mol. The van der Waals surface area contributed by atoms with Crippen LogP contribution in [-0.2, 0) is 38.1 Å². The fraction of sp³-hybridized carbons (Fsp3) is 0.800. The molecule has 162 valence electrons. The molecular weight excluding hydrogens is 368 g/mol. The molecule has 0 spiro atoms. The van der Waals surface area contributed by atoms with E-state index in [4.69, 9.17) is 9.47 Å².